The zero-order valence-electron chi connectivity index (χ0n) is 14.0. The summed E-state index contributed by atoms with van der Waals surface area (Å²) >= 11 is 0. The van der Waals surface area contributed by atoms with E-state index in [2.05, 4.69) is 5.32 Å². The molecule has 0 aromatic heterocycles. The van der Waals surface area contributed by atoms with Crippen LogP contribution in [0.4, 0.5) is 18.9 Å². The van der Waals surface area contributed by atoms with Crippen LogP contribution in [0.5, 0.6) is 0 Å². The summed E-state index contributed by atoms with van der Waals surface area (Å²) in [5.41, 5.74) is 0.269. The van der Waals surface area contributed by atoms with Gasteiger partial charge in [0.15, 0.2) is 0 Å². The number of aliphatic hydroxyl groups excluding tert-OH is 1. The van der Waals surface area contributed by atoms with E-state index in [0.717, 1.165) is 12.1 Å². The molecule has 5 nitrogen and oxygen atoms in total. The molecule has 0 amide bonds. The lowest BCUT2D eigenvalue weighted by atomic mass is 10.0. The van der Waals surface area contributed by atoms with Gasteiger partial charge in [-0.05, 0) is 37.1 Å². The van der Waals surface area contributed by atoms with Crippen molar-refractivity contribution in [3.63, 3.8) is 0 Å². The fraction of sp³-hybridized carbons (Fsp3) is 0.389. The molecule has 0 radical (unpaired) electrons. The Balaban J connectivity index is 2.07. The molecule has 1 aromatic rings. The molecule has 0 heterocycles. The fourth-order valence-corrected chi connectivity index (χ4v) is 2.37. The number of esters is 1. The van der Waals surface area contributed by atoms with Crippen molar-refractivity contribution in [1.29, 1.82) is 0 Å². The molecule has 1 aliphatic carbocycles. The largest absolute Gasteiger partial charge is 0.460 e. The number of hydrogen-bond acceptors (Lipinski definition) is 5. The maximum absolute atomic E-state index is 12.8. The summed E-state index contributed by atoms with van der Waals surface area (Å²) in [6.07, 6.45) is 0.108. The van der Waals surface area contributed by atoms with Crippen LogP contribution in [-0.2, 0) is 20.4 Å². The topological polar surface area (TPSA) is 67.8 Å². The lowest BCUT2D eigenvalue weighted by Crippen LogP contribution is -2.17. The van der Waals surface area contributed by atoms with Crippen molar-refractivity contribution in [3.8, 4) is 0 Å². The second-order valence-corrected chi connectivity index (χ2v) is 5.51. The van der Waals surface area contributed by atoms with Crippen LogP contribution in [-0.4, -0.2) is 37.5 Å². The van der Waals surface area contributed by atoms with E-state index in [0.29, 0.717) is 18.5 Å². The Kier molecular flexibility index (Phi) is 7.23. The number of ether oxygens (including phenoxy) is 2. The van der Waals surface area contributed by atoms with Crippen molar-refractivity contribution < 1.29 is 32.5 Å². The smallest absolute Gasteiger partial charge is 0.416 e. The SMILES string of the molecule is O=C(OCCOCCO)C1=C(Nc2cccc(C(F)(F)F)c2)CCC=C1. The first-order valence-corrected chi connectivity index (χ1v) is 8.11. The van der Waals surface area contributed by atoms with E-state index in [4.69, 9.17) is 14.6 Å². The third-order valence-electron chi connectivity index (χ3n) is 3.57. The Bertz CT molecular complexity index is 683. The summed E-state index contributed by atoms with van der Waals surface area (Å²) in [6, 6.07) is 4.80. The van der Waals surface area contributed by atoms with Crippen molar-refractivity contribution >= 4 is 11.7 Å². The first-order chi connectivity index (χ1) is 12.4. The molecular weight excluding hydrogens is 351 g/mol. The fourth-order valence-electron chi connectivity index (χ4n) is 2.37. The number of rotatable bonds is 8. The molecule has 2 rings (SSSR count). The molecule has 0 atom stereocenters. The molecule has 0 aliphatic heterocycles. The molecule has 26 heavy (non-hydrogen) atoms. The van der Waals surface area contributed by atoms with Crippen molar-refractivity contribution in [2.24, 2.45) is 0 Å². The van der Waals surface area contributed by atoms with Gasteiger partial charge in [-0.15, -0.1) is 0 Å². The lowest BCUT2D eigenvalue weighted by molar-refractivity contribution is -0.140. The Morgan fingerprint density at radius 3 is 2.77 bits per heavy atom. The molecule has 8 heteroatoms. The molecule has 1 aromatic carbocycles. The van der Waals surface area contributed by atoms with Gasteiger partial charge < -0.3 is 19.9 Å². The molecule has 0 unspecified atom stereocenters. The molecule has 0 saturated carbocycles. The summed E-state index contributed by atoms with van der Waals surface area (Å²) < 4.78 is 48.6. The summed E-state index contributed by atoms with van der Waals surface area (Å²) in [5.74, 6) is -0.581. The number of nitrogens with one attached hydrogen (secondary N) is 1. The van der Waals surface area contributed by atoms with Crippen LogP contribution in [0.15, 0.2) is 47.7 Å². The average molecular weight is 371 g/mol. The van der Waals surface area contributed by atoms with Crippen molar-refractivity contribution in [2.45, 2.75) is 19.0 Å². The maximum atomic E-state index is 12.8. The standard InChI is InChI=1S/C18H20F3NO4/c19-18(20,21)13-4-3-5-14(12-13)22-16-7-2-1-6-15(16)17(24)26-11-10-25-9-8-23/h1,3-6,12,22-23H,2,7-11H2. The van der Waals surface area contributed by atoms with Crippen LogP contribution in [0.3, 0.4) is 0 Å². The van der Waals surface area contributed by atoms with Gasteiger partial charge in [0.25, 0.3) is 0 Å². The second-order valence-electron chi connectivity index (χ2n) is 5.51. The highest BCUT2D eigenvalue weighted by Gasteiger charge is 2.30. The minimum absolute atomic E-state index is 0.0208. The number of benzene rings is 1. The second kappa shape index (κ2) is 9.40. The predicted octanol–water partition coefficient (Wildman–Crippen LogP) is 3.27. The molecule has 2 N–H and O–H groups in total. The molecule has 1 aliphatic rings. The number of anilines is 1. The van der Waals surface area contributed by atoms with Crippen LogP contribution >= 0.6 is 0 Å². The number of carbonyl (C=O) groups is 1. The van der Waals surface area contributed by atoms with Crippen molar-refractivity contribution in [3.05, 3.63) is 53.3 Å². The first-order valence-electron chi connectivity index (χ1n) is 8.11. The summed E-state index contributed by atoms with van der Waals surface area (Å²) in [4.78, 5) is 12.2. The average Bonchev–Trinajstić information content (AvgIpc) is 2.61. The van der Waals surface area contributed by atoms with Gasteiger partial charge in [-0.2, -0.15) is 13.2 Å². The first kappa shape index (κ1) is 20.0. The zero-order valence-corrected chi connectivity index (χ0v) is 14.0. The van der Waals surface area contributed by atoms with Crippen molar-refractivity contribution in [2.75, 3.05) is 31.7 Å². The molecule has 0 fully saturated rings. The minimum atomic E-state index is -4.44. The highest BCUT2D eigenvalue weighted by molar-refractivity contribution is 5.93. The van der Waals surface area contributed by atoms with Crippen LogP contribution in [0, 0.1) is 0 Å². The number of aliphatic hydroxyl groups is 1. The predicted molar refractivity (Wildman–Crippen MR) is 89.3 cm³/mol. The highest BCUT2D eigenvalue weighted by Crippen LogP contribution is 2.31. The quantitative estimate of drug-likeness (QED) is 0.542. The van der Waals surface area contributed by atoms with Gasteiger partial charge in [0.1, 0.15) is 6.61 Å². The zero-order chi connectivity index (χ0) is 19.0. The normalized spacial score (nSPS) is 14.5. The monoisotopic (exact) mass is 371 g/mol. The molecule has 142 valence electrons. The van der Waals surface area contributed by atoms with Gasteiger partial charge in [-0.3, -0.25) is 0 Å². The maximum Gasteiger partial charge on any atom is 0.416 e. The number of carbonyl (C=O) groups excluding carboxylic acids is 1. The van der Waals surface area contributed by atoms with E-state index < -0.39 is 17.7 Å². The molecule has 0 saturated heterocycles. The van der Waals surface area contributed by atoms with Gasteiger partial charge in [-0.1, -0.05) is 12.1 Å². The summed E-state index contributed by atoms with van der Waals surface area (Å²) in [5, 5.41) is 11.5. The lowest BCUT2D eigenvalue weighted by Gasteiger charge is -2.18. The molecule has 0 bridgehead atoms. The number of halogens is 3. The van der Waals surface area contributed by atoms with E-state index in [9.17, 15) is 18.0 Å². The van der Waals surface area contributed by atoms with Gasteiger partial charge in [0.2, 0.25) is 0 Å². The van der Waals surface area contributed by atoms with Gasteiger partial charge in [-0.25, -0.2) is 4.79 Å². The molecular formula is C18H20F3NO4. The van der Waals surface area contributed by atoms with E-state index in [-0.39, 0.29) is 37.7 Å². The number of hydrogen-bond donors (Lipinski definition) is 2. The third-order valence-corrected chi connectivity index (χ3v) is 3.57. The number of alkyl halides is 3. The van der Waals surface area contributed by atoms with Gasteiger partial charge in [0, 0.05) is 11.4 Å². The summed E-state index contributed by atoms with van der Waals surface area (Å²) in [6.45, 7) is 0.210. The van der Waals surface area contributed by atoms with E-state index in [1.54, 1.807) is 12.2 Å². The Hall–Kier alpha value is -2.32. The molecule has 0 spiro atoms. The third kappa shape index (κ3) is 5.89. The van der Waals surface area contributed by atoms with Crippen LogP contribution in [0.25, 0.3) is 0 Å². The van der Waals surface area contributed by atoms with Crippen LogP contribution < -0.4 is 5.32 Å². The Morgan fingerprint density at radius 1 is 1.23 bits per heavy atom. The Labute approximate surface area is 149 Å². The van der Waals surface area contributed by atoms with E-state index in [1.807, 2.05) is 0 Å². The van der Waals surface area contributed by atoms with Crippen LogP contribution in [0.2, 0.25) is 0 Å². The van der Waals surface area contributed by atoms with Crippen molar-refractivity contribution in [1.82, 2.24) is 0 Å². The Morgan fingerprint density at radius 2 is 2.04 bits per heavy atom. The van der Waals surface area contributed by atoms with Crippen LogP contribution in [0.1, 0.15) is 18.4 Å². The summed E-state index contributed by atoms with van der Waals surface area (Å²) in [7, 11) is 0. The van der Waals surface area contributed by atoms with E-state index in [1.165, 1.54) is 12.1 Å². The van der Waals surface area contributed by atoms with E-state index >= 15 is 0 Å². The van der Waals surface area contributed by atoms with Gasteiger partial charge >= 0.3 is 12.1 Å². The minimum Gasteiger partial charge on any atom is -0.460 e. The van der Waals surface area contributed by atoms with Gasteiger partial charge in [0.05, 0.1) is 31.0 Å². The number of allylic oxidation sites excluding steroid dienone is 2. The highest BCUT2D eigenvalue weighted by atomic mass is 19.4.